The van der Waals surface area contributed by atoms with Crippen LogP contribution in [0.15, 0.2) is 84.9 Å². The van der Waals surface area contributed by atoms with Crippen molar-refractivity contribution in [2.24, 2.45) is 0 Å². The zero-order valence-corrected chi connectivity index (χ0v) is 34.4. The first kappa shape index (κ1) is 43.6. The maximum absolute atomic E-state index is 5.85. The van der Waals surface area contributed by atoms with Crippen LogP contribution in [0.3, 0.4) is 0 Å². The molecule has 296 valence electrons. The van der Waals surface area contributed by atoms with Gasteiger partial charge in [0.2, 0.25) is 0 Å². The largest absolute Gasteiger partial charge is 0.497 e. The van der Waals surface area contributed by atoms with Gasteiger partial charge in [-0.15, -0.1) is 24.8 Å². The highest BCUT2D eigenvalue weighted by atomic mass is 35.5. The number of anilines is 4. The topological polar surface area (TPSA) is 125 Å². The molecular formula is C40H50Cl2N6O5S2. The van der Waals surface area contributed by atoms with Crippen molar-refractivity contribution in [2.45, 2.75) is 25.7 Å². The van der Waals surface area contributed by atoms with Crippen molar-refractivity contribution in [1.29, 1.82) is 0 Å². The molecule has 11 nitrogen and oxygen atoms in total. The number of hydrogen-bond donors (Lipinski definition) is 2. The molecule has 6 aromatic rings. The second-order valence-corrected chi connectivity index (χ2v) is 14.9. The molecule has 2 aromatic heterocycles. The number of methoxy groups -OCH3 is 2. The summed E-state index contributed by atoms with van der Waals surface area (Å²) in [6, 6.07) is 28.0. The SMILES string of the molecule is COc1ccc2sc(Nc3ccc(OCCN4CCCC4)cc3)nc2c1.COc1ccc2sc(Nc3ccc(OCCN4CCCC4)cc3)nc2c1.Cl.Cl.O. The summed E-state index contributed by atoms with van der Waals surface area (Å²) in [6.45, 7) is 8.34. The minimum Gasteiger partial charge on any atom is -0.497 e. The van der Waals surface area contributed by atoms with Crippen LogP contribution in [-0.4, -0.2) is 91.9 Å². The third-order valence-electron chi connectivity index (χ3n) is 9.15. The van der Waals surface area contributed by atoms with Crippen LogP contribution in [0.2, 0.25) is 0 Å². The smallest absolute Gasteiger partial charge is 0.188 e. The Morgan fingerprint density at radius 1 is 0.545 bits per heavy atom. The van der Waals surface area contributed by atoms with Crippen LogP contribution in [0, 0.1) is 0 Å². The van der Waals surface area contributed by atoms with Crippen LogP contribution < -0.4 is 29.6 Å². The summed E-state index contributed by atoms with van der Waals surface area (Å²) in [7, 11) is 3.34. The first-order valence-electron chi connectivity index (χ1n) is 17.9. The Balaban J connectivity index is 0.000000232. The first-order valence-corrected chi connectivity index (χ1v) is 19.6. The number of aromatic nitrogens is 2. The van der Waals surface area contributed by atoms with E-state index in [9.17, 15) is 0 Å². The Kier molecular flexibility index (Phi) is 17.3. The fourth-order valence-corrected chi connectivity index (χ4v) is 8.02. The summed E-state index contributed by atoms with van der Waals surface area (Å²) in [5, 5.41) is 8.47. The zero-order chi connectivity index (χ0) is 35.5. The quantitative estimate of drug-likeness (QED) is 0.110. The lowest BCUT2D eigenvalue weighted by atomic mass is 10.3. The highest BCUT2D eigenvalue weighted by molar-refractivity contribution is 7.22. The number of thiazole rings is 2. The number of fused-ring (bicyclic) bond motifs is 2. The van der Waals surface area contributed by atoms with Gasteiger partial charge in [-0.2, -0.15) is 0 Å². The fourth-order valence-electron chi connectivity index (χ4n) is 6.29. The van der Waals surface area contributed by atoms with Crippen LogP contribution in [0.25, 0.3) is 20.4 Å². The zero-order valence-electron chi connectivity index (χ0n) is 31.1. The molecule has 0 atom stereocenters. The monoisotopic (exact) mass is 828 g/mol. The van der Waals surface area contributed by atoms with Crippen LogP contribution in [0.5, 0.6) is 23.0 Å². The Labute approximate surface area is 343 Å². The van der Waals surface area contributed by atoms with Gasteiger partial charge in [0.05, 0.1) is 34.7 Å². The molecule has 2 saturated heterocycles. The van der Waals surface area contributed by atoms with Gasteiger partial charge in [0.25, 0.3) is 0 Å². The van der Waals surface area contributed by atoms with Gasteiger partial charge >= 0.3 is 0 Å². The third kappa shape index (κ3) is 12.5. The number of rotatable bonds is 14. The van der Waals surface area contributed by atoms with Gasteiger partial charge in [-0.1, -0.05) is 22.7 Å². The second-order valence-electron chi connectivity index (χ2n) is 12.8. The highest BCUT2D eigenvalue weighted by Crippen LogP contribution is 2.32. The molecule has 2 fully saturated rings. The Hall–Kier alpha value is -4.08. The first-order chi connectivity index (χ1) is 25.6. The number of nitrogens with one attached hydrogen (secondary N) is 2. The molecule has 2 aliphatic heterocycles. The van der Waals surface area contributed by atoms with E-state index in [0.717, 1.165) is 91.4 Å². The van der Waals surface area contributed by atoms with Gasteiger partial charge in [-0.25, -0.2) is 9.97 Å². The van der Waals surface area contributed by atoms with Crippen molar-refractivity contribution in [3.05, 3.63) is 84.9 Å². The average molecular weight is 830 g/mol. The van der Waals surface area contributed by atoms with E-state index in [2.05, 4.69) is 30.4 Å². The van der Waals surface area contributed by atoms with Crippen molar-refractivity contribution in [3.8, 4) is 23.0 Å². The van der Waals surface area contributed by atoms with E-state index >= 15 is 0 Å². The van der Waals surface area contributed by atoms with E-state index < -0.39 is 0 Å². The second kappa shape index (κ2) is 21.9. The standard InChI is InChI=1S/2C20H23N3O2S.2ClH.H2O/c2*1-24-17-8-9-19-18(14-17)22-20(26-19)21-15-4-6-16(7-5-15)25-13-12-23-10-2-3-11-23;;;/h2*4-9,14H,2-3,10-13H2,1H3,(H,21,22);2*1H;1H2. The van der Waals surface area contributed by atoms with Crippen molar-refractivity contribution < 1.29 is 24.4 Å². The molecule has 0 radical (unpaired) electrons. The molecule has 0 unspecified atom stereocenters. The molecule has 0 bridgehead atoms. The Morgan fingerprint density at radius 3 is 1.27 bits per heavy atom. The molecule has 0 aliphatic carbocycles. The van der Waals surface area contributed by atoms with Gasteiger partial charge in [-0.3, -0.25) is 9.80 Å². The number of likely N-dealkylation sites (tertiary alicyclic amines) is 2. The summed E-state index contributed by atoms with van der Waals surface area (Å²) in [5.41, 5.74) is 3.89. The predicted octanol–water partition coefficient (Wildman–Crippen LogP) is 9.07. The fraction of sp³-hybridized carbons (Fsp3) is 0.350. The third-order valence-corrected chi connectivity index (χ3v) is 11.1. The predicted molar refractivity (Wildman–Crippen MR) is 232 cm³/mol. The van der Waals surface area contributed by atoms with E-state index in [1.807, 2.05) is 84.9 Å². The van der Waals surface area contributed by atoms with Gasteiger partial charge in [0.1, 0.15) is 36.2 Å². The van der Waals surface area contributed by atoms with Gasteiger partial charge in [-0.05, 0) is 125 Å². The van der Waals surface area contributed by atoms with Crippen LogP contribution in [0.4, 0.5) is 21.6 Å². The lowest BCUT2D eigenvalue weighted by molar-refractivity contribution is 0.237. The molecule has 0 spiro atoms. The van der Waals surface area contributed by atoms with Crippen molar-refractivity contribution in [1.82, 2.24) is 19.8 Å². The molecule has 8 rings (SSSR count). The number of halogens is 2. The maximum Gasteiger partial charge on any atom is 0.188 e. The Morgan fingerprint density at radius 2 is 0.909 bits per heavy atom. The molecule has 0 saturated carbocycles. The van der Waals surface area contributed by atoms with Crippen LogP contribution >= 0.6 is 47.5 Å². The highest BCUT2D eigenvalue weighted by Gasteiger charge is 2.12. The summed E-state index contributed by atoms with van der Waals surface area (Å²) in [5.74, 6) is 3.46. The van der Waals surface area contributed by atoms with E-state index in [4.69, 9.17) is 18.9 Å². The number of ether oxygens (including phenoxy) is 4. The molecule has 4 heterocycles. The van der Waals surface area contributed by atoms with Crippen molar-refractivity contribution in [3.63, 3.8) is 0 Å². The van der Waals surface area contributed by atoms with E-state index in [1.165, 1.54) is 51.9 Å². The lowest BCUT2D eigenvalue weighted by Crippen LogP contribution is -2.25. The summed E-state index contributed by atoms with van der Waals surface area (Å²) in [4.78, 5) is 14.2. The summed E-state index contributed by atoms with van der Waals surface area (Å²) in [6.07, 6.45) is 5.27. The molecule has 0 amide bonds. The van der Waals surface area contributed by atoms with Crippen LogP contribution in [-0.2, 0) is 0 Å². The minimum atomic E-state index is 0. The molecule has 4 aromatic carbocycles. The van der Waals surface area contributed by atoms with Gasteiger partial charge in [0.15, 0.2) is 10.3 Å². The number of benzene rings is 4. The Bertz CT molecular complexity index is 1880. The molecule has 4 N–H and O–H groups in total. The maximum atomic E-state index is 5.85. The van der Waals surface area contributed by atoms with Crippen molar-refractivity contribution in [2.75, 3.05) is 77.3 Å². The van der Waals surface area contributed by atoms with E-state index in [-0.39, 0.29) is 30.3 Å². The average Bonchev–Trinajstić information content (AvgIpc) is 4.01. The van der Waals surface area contributed by atoms with E-state index in [1.54, 1.807) is 36.9 Å². The minimum absolute atomic E-state index is 0. The normalized spacial score (nSPS) is 13.9. The molecule has 15 heteroatoms. The van der Waals surface area contributed by atoms with Crippen molar-refractivity contribution >= 4 is 89.6 Å². The summed E-state index contributed by atoms with van der Waals surface area (Å²) < 4.78 is 24.5. The van der Waals surface area contributed by atoms with Gasteiger partial charge < -0.3 is 35.1 Å². The van der Waals surface area contributed by atoms with E-state index in [0.29, 0.717) is 0 Å². The lowest BCUT2D eigenvalue weighted by Gasteiger charge is -2.15. The number of nitrogens with zero attached hydrogens (tertiary/aromatic N) is 4. The van der Waals surface area contributed by atoms with Crippen LogP contribution in [0.1, 0.15) is 25.7 Å². The molecule has 55 heavy (non-hydrogen) atoms. The van der Waals surface area contributed by atoms with Gasteiger partial charge in [0, 0.05) is 36.6 Å². The molecular weight excluding hydrogens is 780 g/mol. The number of hydrogen-bond acceptors (Lipinski definition) is 12. The summed E-state index contributed by atoms with van der Waals surface area (Å²) >= 11 is 3.26. The molecule has 2 aliphatic rings.